The Bertz CT molecular complexity index is 792. The lowest BCUT2D eigenvalue weighted by atomic mass is 9.99. The van der Waals surface area contributed by atoms with Gasteiger partial charge in [0.2, 0.25) is 0 Å². The van der Waals surface area contributed by atoms with Crippen molar-refractivity contribution in [2.24, 2.45) is 0 Å². The lowest BCUT2D eigenvalue weighted by molar-refractivity contribution is 1.14. The van der Waals surface area contributed by atoms with Gasteiger partial charge in [0.25, 0.3) is 0 Å². The summed E-state index contributed by atoms with van der Waals surface area (Å²) in [5.74, 6) is 0.768. The monoisotopic (exact) mass is 314 g/mol. The topological polar surface area (TPSA) is 24.9 Å². The molecule has 1 aliphatic rings. The minimum absolute atomic E-state index is 0.598. The van der Waals surface area contributed by atoms with Gasteiger partial charge in [0.1, 0.15) is 0 Å². The number of rotatable bonds is 4. The maximum absolute atomic E-state index is 5.88. The van der Waals surface area contributed by atoms with Crippen LogP contribution in [0.15, 0.2) is 42.6 Å². The van der Waals surface area contributed by atoms with E-state index in [0.717, 1.165) is 17.3 Å². The summed E-state index contributed by atoms with van der Waals surface area (Å²) in [5.41, 5.74) is 2.68. The molecular weight excluding hydrogens is 300 g/mol. The molecule has 0 saturated heterocycles. The average molecular weight is 315 g/mol. The van der Waals surface area contributed by atoms with Crippen molar-refractivity contribution >= 4 is 39.4 Å². The van der Waals surface area contributed by atoms with Crippen LogP contribution in [0.25, 0.3) is 10.8 Å². The summed E-state index contributed by atoms with van der Waals surface area (Å²) in [7, 11) is 0. The van der Waals surface area contributed by atoms with Gasteiger partial charge in [0.05, 0.1) is 6.54 Å². The Balaban J connectivity index is 1.67. The van der Waals surface area contributed by atoms with Gasteiger partial charge in [-0.1, -0.05) is 41.9 Å². The SMILES string of the molecule is Clc1ncc(CNc2ccc(C3CC3)c3ccccc23)s1. The molecule has 0 bridgehead atoms. The Morgan fingerprint density at radius 3 is 2.67 bits per heavy atom. The molecule has 1 aliphatic carbocycles. The van der Waals surface area contributed by atoms with Crippen LogP contribution < -0.4 is 5.32 Å². The highest BCUT2D eigenvalue weighted by atomic mass is 35.5. The van der Waals surface area contributed by atoms with Crippen molar-refractivity contribution in [1.82, 2.24) is 4.98 Å². The molecule has 1 fully saturated rings. The third-order valence-corrected chi connectivity index (χ3v) is 5.07. The Kier molecular flexibility index (Phi) is 3.32. The second-order valence-electron chi connectivity index (χ2n) is 5.46. The third-order valence-electron chi connectivity index (χ3n) is 3.95. The predicted octanol–water partition coefficient (Wildman–Crippen LogP) is 5.44. The summed E-state index contributed by atoms with van der Waals surface area (Å²) < 4.78 is 0.598. The van der Waals surface area contributed by atoms with Crippen molar-refractivity contribution < 1.29 is 0 Å². The molecule has 1 heterocycles. The number of hydrogen-bond donors (Lipinski definition) is 1. The number of thiazole rings is 1. The van der Waals surface area contributed by atoms with E-state index in [4.69, 9.17) is 11.6 Å². The zero-order valence-corrected chi connectivity index (χ0v) is 13.0. The summed E-state index contributed by atoms with van der Waals surface area (Å²) in [6.45, 7) is 0.761. The molecule has 21 heavy (non-hydrogen) atoms. The Morgan fingerprint density at radius 1 is 1.14 bits per heavy atom. The average Bonchev–Trinajstić information content (AvgIpc) is 3.27. The fourth-order valence-electron chi connectivity index (χ4n) is 2.77. The second-order valence-corrected chi connectivity index (χ2v) is 7.15. The molecule has 4 rings (SSSR count). The van der Waals surface area contributed by atoms with E-state index < -0.39 is 0 Å². The van der Waals surface area contributed by atoms with Crippen molar-refractivity contribution in [2.45, 2.75) is 25.3 Å². The van der Waals surface area contributed by atoms with E-state index in [-0.39, 0.29) is 0 Å². The van der Waals surface area contributed by atoms with Gasteiger partial charge in [-0.25, -0.2) is 4.98 Å². The van der Waals surface area contributed by atoms with Gasteiger partial charge in [-0.2, -0.15) is 0 Å². The number of benzene rings is 2. The first-order chi connectivity index (χ1) is 10.3. The second kappa shape index (κ2) is 5.32. The minimum Gasteiger partial charge on any atom is -0.380 e. The van der Waals surface area contributed by atoms with Crippen LogP contribution in [0.2, 0.25) is 4.47 Å². The van der Waals surface area contributed by atoms with Crippen LogP contribution >= 0.6 is 22.9 Å². The molecular formula is C17H15ClN2S. The van der Waals surface area contributed by atoms with Crippen molar-refractivity contribution in [3.63, 3.8) is 0 Å². The van der Waals surface area contributed by atoms with E-state index in [2.05, 4.69) is 46.7 Å². The molecule has 0 radical (unpaired) electrons. The predicted molar refractivity (Wildman–Crippen MR) is 90.4 cm³/mol. The van der Waals surface area contributed by atoms with Gasteiger partial charge in [-0.05, 0) is 35.8 Å². The molecule has 2 nitrogen and oxygen atoms in total. The van der Waals surface area contributed by atoms with Crippen LogP contribution in [0.3, 0.4) is 0 Å². The zero-order valence-electron chi connectivity index (χ0n) is 11.5. The van der Waals surface area contributed by atoms with Crippen LogP contribution in [0.1, 0.15) is 29.2 Å². The molecule has 1 aromatic heterocycles. The van der Waals surface area contributed by atoms with Gasteiger partial charge in [0.15, 0.2) is 4.47 Å². The molecule has 2 aromatic carbocycles. The number of fused-ring (bicyclic) bond motifs is 1. The van der Waals surface area contributed by atoms with Crippen LogP contribution in [-0.4, -0.2) is 4.98 Å². The van der Waals surface area contributed by atoms with Gasteiger partial charge < -0.3 is 5.32 Å². The lowest BCUT2D eigenvalue weighted by Gasteiger charge is -2.12. The van der Waals surface area contributed by atoms with Crippen LogP contribution in [0.4, 0.5) is 5.69 Å². The smallest absolute Gasteiger partial charge is 0.183 e. The van der Waals surface area contributed by atoms with Crippen molar-refractivity contribution in [2.75, 3.05) is 5.32 Å². The molecule has 0 amide bonds. The Morgan fingerprint density at radius 2 is 1.95 bits per heavy atom. The fourth-order valence-corrected chi connectivity index (χ4v) is 3.69. The summed E-state index contributed by atoms with van der Waals surface area (Å²) in [6, 6.07) is 13.1. The lowest BCUT2D eigenvalue weighted by Crippen LogP contribution is -1.99. The number of nitrogens with zero attached hydrogens (tertiary/aromatic N) is 1. The standard InChI is InChI=1S/C17H15ClN2S/c18-17-20-10-12(21-17)9-19-16-8-7-13(11-5-6-11)14-3-1-2-4-15(14)16/h1-4,7-8,10-11,19H,5-6,9H2. The van der Waals surface area contributed by atoms with Gasteiger partial charge in [-0.3, -0.25) is 0 Å². The van der Waals surface area contributed by atoms with E-state index in [0.29, 0.717) is 4.47 Å². The summed E-state index contributed by atoms with van der Waals surface area (Å²) in [5, 5.41) is 6.20. The highest BCUT2D eigenvalue weighted by Gasteiger charge is 2.25. The molecule has 4 heteroatoms. The molecule has 1 N–H and O–H groups in total. The van der Waals surface area contributed by atoms with Crippen molar-refractivity contribution in [3.05, 3.63) is 57.5 Å². The van der Waals surface area contributed by atoms with E-state index in [1.54, 1.807) is 0 Å². The van der Waals surface area contributed by atoms with E-state index in [1.165, 1.54) is 46.2 Å². The largest absolute Gasteiger partial charge is 0.380 e. The van der Waals surface area contributed by atoms with E-state index >= 15 is 0 Å². The maximum Gasteiger partial charge on any atom is 0.183 e. The van der Waals surface area contributed by atoms with Crippen LogP contribution in [0, 0.1) is 0 Å². The molecule has 0 spiro atoms. The van der Waals surface area contributed by atoms with E-state index in [9.17, 15) is 0 Å². The molecule has 0 atom stereocenters. The highest BCUT2D eigenvalue weighted by Crippen LogP contribution is 2.44. The zero-order chi connectivity index (χ0) is 14.2. The van der Waals surface area contributed by atoms with Gasteiger partial charge in [0, 0.05) is 22.1 Å². The third kappa shape index (κ3) is 2.63. The first-order valence-corrected chi connectivity index (χ1v) is 8.36. The number of aromatic nitrogens is 1. The Labute approximate surface area is 132 Å². The van der Waals surface area contributed by atoms with Gasteiger partial charge in [-0.15, -0.1) is 11.3 Å². The molecule has 106 valence electrons. The van der Waals surface area contributed by atoms with Crippen LogP contribution in [0.5, 0.6) is 0 Å². The normalized spacial score (nSPS) is 14.5. The van der Waals surface area contributed by atoms with Crippen LogP contribution in [-0.2, 0) is 6.54 Å². The number of halogens is 1. The van der Waals surface area contributed by atoms with Gasteiger partial charge >= 0.3 is 0 Å². The Hall–Kier alpha value is -1.58. The first-order valence-electron chi connectivity index (χ1n) is 7.17. The summed E-state index contributed by atoms with van der Waals surface area (Å²) >= 11 is 7.40. The molecule has 0 unspecified atom stereocenters. The maximum atomic E-state index is 5.88. The van der Waals surface area contributed by atoms with Crippen molar-refractivity contribution in [3.8, 4) is 0 Å². The van der Waals surface area contributed by atoms with E-state index in [1.807, 2.05) is 6.20 Å². The summed E-state index contributed by atoms with van der Waals surface area (Å²) in [4.78, 5) is 5.23. The molecule has 3 aromatic rings. The first kappa shape index (κ1) is 13.1. The number of anilines is 1. The molecule has 0 aliphatic heterocycles. The molecule has 1 saturated carbocycles. The highest BCUT2D eigenvalue weighted by molar-refractivity contribution is 7.15. The fraction of sp³-hybridized carbons (Fsp3) is 0.235. The number of nitrogens with one attached hydrogen (secondary N) is 1. The quantitative estimate of drug-likeness (QED) is 0.693. The van der Waals surface area contributed by atoms with Crippen molar-refractivity contribution in [1.29, 1.82) is 0 Å². The minimum atomic E-state index is 0.598. The number of hydrogen-bond acceptors (Lipinski definition) is 3. The summed E-state index contributed by atoms with van der Waals surface area (Å²) in [6.07, 6.45) is 4.49.